The summed E-state index contributed by atoms with van der Waals surface area (Å²) in [7, 11) is 0. The van der Waals surface area contributed by atoms with Crippen molar-refractivity contribution in [2.24, 2.45) is 5.16 Å². The van der Waals surface area contributed by atoms with E-state index in [2.05, 4.69) is 5.16 Å². The van der Waals surface area contributed by atoms with Crippen LogP contribution >= 0.6 is 11.8 Å². The van der Waals surface area contributed by atoms with Gasteiger partial charge in [0.25, 0.3) is 5.69 Å². The summed E-state index contributed by atoms with van der Waals surface area (Å²) in [4.78, 5) is 44.4. The number of nitro groups is 1. The van der Waals surface area contributed by atoms with E-state index in [0.29, 0.717) is 16.7 Å². The summed E-state index contributed by atoms with van der Waals surface area (Å²) in [6.07, 6.45) is 0. The molecule has 0 aromatic heterocycles. The van der Waals surface area contributed by atoms with Crippen LogP contribution in [0.25, 0.3) is 11.1 Å². The minimum absolute atomic E-state index is 0.0657. The minimum atomic E-state index is -1.67. The van der Waals surface area contributed by atoms with Gasteiger partial charge in [0.1, 0.15) is 0 Å². The van der Waals surface area contributed by atoms with Gasteiger partial charge in [-0.05, 0) is 72.1 Å². The van der Waals surface area contributed by atoms with Crippen LogP contribution in [0, 0.1) is 17.0 Å². The number of carbonyl (C=O) groups excluding carboxylic acids is 2. The Labute approximate surface area is 270 Å². The summed E-state index contributed by atoms with van der Waals surface area (Å²) in [5.41, 5.74) is 4.04. The lowest BCUT2D eigenvalue weighted by Crippen LogP contribution is -2.24. The molecule has 0 bridgehead atoms. The van der Waals surface area contributed by atoms with Gasteiger partial charge in [-0.2, -0.15) is 0 Å². The number of non-ortho nitro benzene ring substituents is 1. The van der Waals surface area contributed by atoms with Crippen molar-refractivity contribution in [3.63, 3.8) is 0 Å². The number of nitro benzene ring substituents is 1. The molecule has 230 valence electrons. The van der Waals surface area contributed by atoms with Crippen LogP contribution in [0.15, 0.2) is 136 Å². The number of rotatable bonds is 11. The van der Waals surface area contributed by atoms with Crippen molar-refractivity contribution in [2.75, 3.05) is 0 Å². The van der Waals surface area contributed by atoms with Crippen molar-refractivity contribution in [1.82, 2.24) is 0 Å². The van der Waals surface area contributed by atoms with E-state index in [9.17, 15) is 24.8 Å². The molecular weight excluding hydrogens is 600 g/mol. The van der Waals surface area contributed by atoms with Crippen molar-refractivity contribution in [1.29, 1.82) is 0 Å². The van der Waals surface area contributed by atoms with E-state index in [1.165, 1.54) is 43.8 Å². The Kier molecular flexibility index (Phi) is 9.55. The van der Waals surface area contributed by atoms with Gasteiger partial charge in [0.2, 0.25) is 11.6 Å². The molecule has 0 aliphatic carbocycles. The van der Waals surface area contributed by atoms with Gasteiger partial charge in [-0.15, -0.1) is 0 Å². The molecule has 0 unspecified atom stereocenters. The summed E-state index contributed by atoms with van der Waals surface area (Å²) in [6.45, 7) is 4.42. The highest BCUT2D eigenvalue weighted by molar-refractivity contribution is 7.99. The number of hydrogen-bond donors (Lipinski definition) is 1. The average molecular weight is 631 g/mol. The first-order chi connectivity index (χ1) is 22.0. The first kappa shape index (κ1) is 32.0. The summed E-state index contributed by atoms with van der Waals surface area (Å²) in [5.74, 6) is -2.26. The highest BCUT2D eigenvalue weighted by atomic mass is 32.2. The SMILES string of the molecule is Cc1ccc([N+](=O)[O-])cc1/C(=N\OC(C)(C)O)C(=O)c1ccc(Sc2ccc(C(=O)c3ccc(-c4ccccc4)cc3)cc2)cc1. The van der Waals surface area contributed by atoms with Crippen molar-refractivity contribution in [3.05, 3.63) is 159 Å². The molecule has 0 aliphatic heterocycles. The molecule has 0 heterocycles. The number of ketones is 2. The molecule has 0 spiro atoms. The molecule has 0 amide bonds. The lowest BCUT2D eigenvalue weighted by molar-refractivity contribution is -0.384. The zero-order chi connectivity index (χ0) is 32.8. The molecule has 0 saturated carbocycles. The smallest absolute Gasteiger partial charge is 0.270 e. The van der Waals surface area contributed by atoms with Gasteiger partial charge >= 0.3 is 0 Å². The highest BCUT2D eigenvalue weighted by Crippen LogP contribution is 2.29. The molecule has 0 aliphatic rings. The Morgan fingerprint density at radius 1 is 0.761 bits per heavy atom. The first-order valence-corrected chi connectivity index (χ1v) is 15.2. The zero-order valence-electron chi connectivity index (χ0n) is 25.3. The molecule has 5 aromatic rings. The van der Waals surface area contributed by atoms with Crippen molar-refractivity contribution in [2.45, 2.75) is 36.3 Å². The average Bonchev–Trinajstić information content (AvgIpc) is 3.06. The maximum absolute atomic E-state index is 13.6. The number of nitrogens with zero attached hydrogens (tertiary/aromatic N) is 2. The maximum atomic E-state index is 13.6. The van der Waals surface area contributed by atoms with Gasteiger partial charge in [0.15, 0.2) is 11.5 Å². The molecule has 5 rings (SSSR count). The zero-order valence-corrected chi connectivity index (χ0v) is 26.2. The summed E-state index contributed by atoms with van der Waals surface area (Å²) >= 11 is 1.46. The van der Waals surface area contributed by atoms with Crippen LogP contribution in [-0.2, 0) is 4.84 Å². The number of Topliss-reactive ketones (excluding diaryl/α,β-unsaturated/α-hetero) is 1. The number of benzene rings is 5. The molecule has 0 saturated heterocycles. The van der Waals surface area contributed by atoms with E-state index < -0.39 is 16.5 Å². The van der Waals surface area contributed by atoms with E-state index >= 15 is 0 Å². The molecule has 46 heavy (non-hydrogen) atoms. The second-order valence-corrected chi connectivity index (χ2v) is 12.1. The van der Waals surface area contributed by atoms with Crippen LogP contribution < -0.4 is 0 Å². The van der Waals surface area contributed by atoms with Gasteiger partial charge in [0, 0.05) is 58.0 Å². The molecular formula is C37H30N2O6S. The molecule has 0 fully saturated rings. The topological polar surface area (TPSA) is 119 Å². The van der Waals surface area contributed by atoms with Crippen LogP contribution in [0.5, 0.6) is 0 Å². The lowest BCUT2D eigenvalue weighted by Gasteiger charge is -2.16. The van der Waals surface area contributed by atoms with Crippen molar-refractivity contribution in [3.8, 4) is 11.1 Å². The number of aryl methyl sites for hydroxylation is 1. The van der Waals surface area contributed by atoms with Gasteiger partial charge < -0.3 is 9.94 Å². The predicted molar refractivity (Wildman–Crippen MR) is 178 cm³/mol. The van der Waals surface area contributed by atoms with Gasteiger partial charge in [-0.25, -0.2) is 0 Å². The highest BCUT2D eigenvalue weighted by Gasteiger charge is 2.24. The van der Waals surface area contributed by atoms with Crippen LogP contribution in [-0.4, -0.2) is 33.1 Å². The number of hydrogen-bond acceptors (Lipinski definition) is 8. The third kappa shape index (κ3) is 7.82. The van der Waals surface area contributed by atoms with E-state index in [1.807, 2.05) is 66.7 Å². The molecule has 0 atom stereocenters. The normalized spacial score (nSPS) is 11.6. The molecule has 1 N–H and O–H groups in total. The monoisotopic (exact) mass is 630 g/mol. The Bertz CT molecular complexity index is 1910. The quantitative estimate of drug-likeness (QED) is 0.0513. The Balaban J connectivity index is 1.30. The fourth-order valence-corrected chi connectivity index (χ4v) is 5.40. The largest absolute Gasteiger partial charge is 0.360 e. The predicted octanol–water partition coefficient (Wildman–Crippen LogP) is 8.28. The fourth-order valence-electron chi connectivity index (χ4n) is 4.58. The van der Waals surface area contributed by atoms with Crippen molar-refractivity contribution >= 4 is 34.7 Å². The Hall–Kier alpha value is -5.38. The van der Waals surface area contributed by atoms with Gasteiger partial charge in [-0.3, -0.25) is 19.7 Å². The third-order valence-electron chi connectivity index (χ3n) is 6.99. The lowest BCUT2D eigenvalue weighted by atomic mass is 9.97. The van der Waals surface area contributed by atoms with Crippen LogP contribution in [0.2, 0.25) is 0 Å². The van der Waals surface area contributed by atoms with Crippen LogP contribution in [0.3, 0.4) is 0 Å². The number of carbonyl (C=O) groups is 2. The summed E-state index contributed by atoms with van der Waals surface area (Å²) in [5, 5.41) is 25.4. The second kappa shape index (κ2) is 13.7. The molecule has 8 nitrogen and oxygen atoms in total. The van der Waals surface area contributed by atoms with Crippen molar-refractivity contribution < 1.29 is 24.5 Å². The minimum Gasteiger partial charge on any atom is -0.360 e. The first-order valence-electron chi connectivity index (χ1n) is 14.4. The van der Waals surface area contributed by atoms with E-state index in [-0.39, 0.29) is 28.3 Å². The van der Waals surface area contributed by atoms with E-state index in [4.69, 9.17) is 4.84 Å². The Morgan fingerprint density at radius 2 is 1.28 bits per heavy atom. The number of oxime groups is 1. The molecule has 9 heteroatoms. The second-order valence-electron chi connectivity index (χ2n) is 11.0. The molecule has 0 radical (unpaired) electrons. The third-order valence-corrected chi connectivity index (χ3v) is 8.00. The summed E-state index contributed by atoms with van der Waals surface area (Å²) in [6, 6.07) is 35.8. The summed E-state index contributed by atoms with van der Waals surface area (Å²) < 4.78 is 0. The fraction of sp³-hybridized carbons (Fsp3) is 0.108. The maximum Gasteiger partial charge on any atom is 0.270 e. The van der Waals surface area contributed by atoms with E-state index in [0.717, 1.165) is 20.9 Å². The Morgan fingerprint density at radius 3 is 1.83 bits per heavy atom. The number of aliphatic hydroxyl groups is 1. The van der Waals surface area contributed by atoms with Crippen LogP contribution in [0.4, 0.5) is 5.69 Å². The van der Waals surface area contributed by atoms with Gasteiger partial charge in [-0.1, -0.05) is 77.6 Å². The molecule has 5 aromatic carbocycles. The van der Waals surface area contributed by atoms with Gasteiger partial charge in [0.05, 0.1) is 4.92 Å². The van der Waals surface area contributed by atoms with Crippen LogP contribution in [0.1, 0.15) is 51.3 Å². The van der Waals surface area contributed by atoms with E-state index in [1.54, 1.807) is 43.3 Å². The standard InChI is InChI=1S/C37H30N2O6S/c1-24-9-18-30(39(43)44)23-33(24)34(38-45-37(2,3)42)36(41)29-16-21-32(22-17-29)46-31-19-14-28(15-20-31)35(40)27-12-10-26(11-13-27)25-7-5-4-6-8-25/h4-23,42H,1-3H3/b38-34+.